The van der Waals surface area contributed by atoms with Crippen LogP contribution >= 0.6 is 11.8 Å². The molecule has 0 saturated heterocycles. The van der Waals surface area contributed by atoms with Crippen molar-refractivity contribution in [2.24, 2.45) is 0 Å². The van der Waals surface area contributed by atoms with Gasteiger partial charge < -0.3 is 5.32 Å². The van der Waals surface area contributed by atoms with Crippen LogP contribution in [0.15, 0.2) is 31.1 Å². The Labute approximate surface area is 89.6 Å². The molecule has 0 bridgehead atoms. The molecule has 4 heteroatoms. The summed E-state index contributed by atoms with van der Waals surface area (Å²) in [4.78, 5) is 0. The first kappa shape index (κ1) is 11.3. The number of thioether (sulfide) groups is 1. The zero-order valence-corrected chi connectivity index (χ0v) is 9.17. The minimum atomic E-state index is 0.944. The lowest BCUT2D eigenvalue weighted by Crippen LogP contribution is -2.22. The molecular formula is C10H17N3S. The highest BCUT2D eigenvalue weighted by Crippen LogP contribution is 1.96. The van der Waals surface area contributed by atoms with Crippen LogP contribution in [0.4, 0.5) is 0 Å². The third-order valence-electron chi connectivity index (χ3n) is 1.74. The average Bonchev–Trinajstić information content (AvgIpc) is 2.69. The molecule has 0 atom stereocenters. The Kier molecular flexibility index (Phi) is 6.19. The fourth-order valence-electron chi connectivity index (χ4n) is 1.06. The summed E-state index contributed by atoms with van der Waals surface area (Å²) < 4.78 is 1.93. The molecule has 0 unspecified atom stereocenters. The highest BCUT2D eigenvalue weighted by atomic mass is 32.2. The summed E-state index contributed by atoms with van der Waals surface area (Å²) in [6.45, 7) is 6.66. The van der Waals surface area contributed by atoms with Gasteiger partial charge in [-0.05, 0) is 6.07 Å². The number of rotatable bonds is 8. The van der Waals surface area contributed by atoms with Crippen LogP contribution in [0.3, 0.4) is 0 Å². The molecule has 0 aliphatic heterocycles. The van der Waals surface area contributed by atoms with Crippen LogP contribution in [-0.2, 0) is 6.54 Å². The molecular weight excluding hydrogens is 194 g/mol. The zero-order chi connectivity index (χ0) is 10.1. The van der Waals surface area contributed by atoms with Gasteiger partial charge in [0, 0.05) is 37.0 Å². The molecule has 1 heterocycles. The van der Waals surface area contributed by atoms with Crippen LogP contribution in [-0.4, -0.2) is 34.4 Å². The molecule has 1 aromatic heterocycles. The van der Waals surface area contributed by atoms with E-state index in [1.807, 2.05) is 34.8 Å². The summed E-state index contributed by atoms with van der Waals surface area (Å²) in [5.74, 6) is 2.19. The molecule has 0 aromatic carbocycles. The molecule has 1 rings (SSSR count). The molecule has 3 nitrogen and oxygen atoms in total. The quantitative estimate of drug-likeness (QED) is 0.520. The fourth-order valence-corrected chi connectivity index (χ4v) is 1.68. The van der Waals surface area contributed by atoms with E-state index in [0.717, 1.165) is 31.1 Å². The Morgan fingerprint density at radius 2 is 2.43 bits per heavy atom. The Morgan fingerprint density at radius 3 is 3.14 bits per heavy atom. The number of aromatic nitrogens is 2. The summed E-state index contributed by atoms with van der Waals surface area (Å²) in [6, 6.07) is 1.94. The zero-order valence-electron chi connectivity index (χ0n) is 8.35. The highest BCUT2D eigenvalue weighted by molar-refractivity contribution is 7.99. The Hall–Kier alpha value is -0.740. The molecule has 0 saturated carbocycles. The Bertz CT molecular complexity index is 234. The minimum Gasteiger partial charge on any atom is -0.314 e. The smallest absolute Gasteiger partial charge is 0.0533 e. The highest BCUT2D eigenvalue weighted by Gasteiger charge is 1.90. The first-order valence-electron chi connectivity index (χ1n) is 4.80. The van der Waals surface area contributed by atoms with Crippen LogP contribution in [0, 0.1) is 0 Å². The van der Waals surface area contributed by atoms with Crippen molar-refractivity contribution in [1.29, 1.82) is 0 Å². The molecule has 0 amide bonds. The monoisotopic (exact) mass is 211 g/mol. The number of nitrogens with one attached hydrogen (secondary N) is 1. The van der Waals surface area contributed by atoms with Gasteiger partial charge in [0.25, 0.3) is 0 Å². The Balaban J connectivity index is 1.87. The predicted octanol–water partition coefficient (Wildman–Crippen LogP) is 1.39. The third-order valence-corrected chi connectivity index (χ3v) is 2.70. The number of hydrogen-bond acceptors (Lipinski definition) is 3. The van der Waals surface area contributed by atoms with E-state index in [1.165, 1.54) is 0 Å². The van der Waals surface area contributed by atoms with E-state index in [1.54, 1.807) is 6.20 Å². The van der Waals surface area contributed by atoms with Gasteiger partial charge in [-0.25, -0.2) is 0 Å². The molecule has 0 fully saturated rings. The lowest BCUT2D eigenvalue weighted by molar-refractivity contribution is 0.567. The standard InChI is InChI=1S/C10H17N3S/c1-2-9-14-10-6-11-5-8-13-7-3-4-12-13/h2-4,7,11H,1,5-6,8-10H2. The Morgan fingerprint density at radius 1 is 1.50 bits per heavy atom. The SMILES string of the molecule is C=CCSCCNCCn1cccn1. The topological polar surface area (TPSA) is 29.9 Å². The maximum atomic E-state index is 4.12. The van der Waals surface area contributed by atoms with Gasteiger partial charge in [-0.15, -0.1) is 6.58 Å². The van der Waals surface area contributed by atoms with Gasteiger partial charge in [0.1, 0.15) is 0 Å². The van der Waals surface area contributed by atoms with Gasteiger partial charge in [-0.2, -0.15) is 16.9 Å². The second-order valence-electron chi connectivity index (χ2n) is 2.88. The van der Waals surface area contributed by atoms with Crippen LogP contribution in [0.2, 0.25) is 0 Å². The van der Waals surface area contributed by atoms with Crippen molar-refractivity contribution in [2.45, 2.75) is 6.54 Å². The van der Waals surface area contributed by atoms with E-state index in [9.17, 15) is 0 Å². The van der Waals surface area contributed by atoms with Crippen LogP contribution in [0.5, 0.6) is 0 Å². The van der Waals surface area contributed by atoms with Crippen molar-refractivity contribution in [2.75, 3.05) is 24.6 Å². The second-order valence-corrected chi connectivity index (χ2v) is 4.03. The number of nitrogens with zero attached hydrogens (tertiary/aromatic N) is 2. The maximum Gasteiger partial charge on any atom is 0.0533 e. The first-order chi connectivity index (χ1) is 6.93. The lowest BCUT2D eigenvalue weighted by atomic mass is 10.6. The summed E-state index contributed by atoms with van der Waals surface area (Å²) >= 11 is 1.90. The normalized spacial score (nSPS) is 10.3. The van der Waals surface area contributed by atoms with Crippen molar-refractivity contribution in [3.05, 3.63) is 31.1 Å². The van der Waals surface area contributed by atoms with Crippen molar-refractivity contribution in [1.82, 2.24) is 15.1 Å². The van der Waals surface area contributed by atoms with Gasteiger partial charge in [0.05, 0.1) is 6.54 Å². The molecule has 0 radical (unpaired) electrons. The van der Waals surface area contributed by atoms with Gasteiger partial charge in [-0.3, -0.25) is 4.68 Å². The van der Waals surface area contributed by atoms with Gasteiger partial charge >= 0.3 is 0 Å². The molecule has 1 N–H and O–H groups in total. The van der Waals surface area contributed by atoms with E-state index in [-0.39, 0.29) is 0 Å². The van der Waals surface area contributed by atoms with Crippen molar-refractivity contribution in [3.63, 3.8) is 0 Å². The average molecular weight is 211 g/mol. The van der Waals surface area contributed by atoms with E-state index < -0.39 is 0 Å². The van der Waals surface area contributed by atoms with Crippen LogP contribution < -0.4 is 5.32 Å². The molecule has 14 heavy (non-hydrogen) atoms. The van der Waals surface area contributed by atoms with E-state index >= 15 is 0 Å². The minimum absolute atomic E-state index is 0.944. The summed E-state index contributed by atoms with van der Waals surface area (Å²) in [6.07, 6.45) is 5.72. The van der Waals surface area contributed by atoms with Crippen molar-refractivity contribution >= 4 is 11.8 Å². The van der Waals surface area contributed by atoms with Crippen molar-refractivity contribution < 1.29 is 0 Å². The van der Waals surface area contributed by atoms with Gasteiger partial charge in [0.2, 0.25) is 0 Å². The second kappa shape index (κ2) is 7.64. The third kappa shape index (κ3) is 5.09. The lowest BCUT2D eigenvalue weighted by Gasteiger charge is -2.03. The summed E-state index contributed by atoms with van der Waals surface area (Å²) in [7, 11) is 0. The maximum absolute atomic E-state index is 4.12. The first-order valence-corrected chi connectivity index (χ1v) is 5.95. The van der Waals surface area contributed by atoms with Gasteiger partial charge in [0.15, 0.2) is 0 Å². The summed E-state index contributed by atoms with van der Waals surface area (Å²) in [5.41, 5.74) is 0. The molecule has 0 aliphatic rings. The molecule has 0 spiro atoms. The van der Waals surface area contributed by atoms with E-state index in [2.05, 4.69) is 17.0 Å². The molecule has 1 aromatic rings. The van der Waals surface area contributed by atoms with Crippen molar-refractivity contribution in [3.8, 4) is 0 Å². The molecule has 78 valence electrons. The predicted molar refractivity (Wildman–Crippen MR) is 62.6 cm³/mol. The molecule has 0 aliphatic carbocycles. The number of hydrogen-bond donors (Lipinski definition) is 1. The summed E-state index contributed by atoms with van der Waals surface area (Å²) in [5, 5.41) is 7.49. The van der Waals surface area contributed by atoms with Crippen LogP contribution in [0.1, 0.15) is 0 Å². The van der Waals surface area contributed by atoms with Crippen LogP contribution in [0.25, 0.3) is 0 Å². The van der Waals surface area contributed by atoms with Gasteiger partial charge in [-0.1, -0.05) is 6.08 Å². The van der Waals surface area contributed by atoms with E-state index in [0.29, 0.717) is 0 Å². The fraction of sp³-hybridized carbons (Fsp3) is 0.500. The largest absolute Gasteiger partial charge is 0.314 e. The van der Waals surface area contributed by atoms with E-state index in [4.69, 9.17) is 0 Å².